The molecule has 0 heterocycles. The summed E-state index contributed by atoms with van der Waals surface area (Å²) in [6.07, 6.45) is -0.0702. The van der Waals surface area contributed by atoms with Crippen molar-refractivity contribution in [2.24, 2.45) is 5.10 Å². The highest BCUT2D eigenvalue weighted by Gasteiger charge is 2.15. The number of esters is 1. The molecular weight excluding hydrogens is 346 g/mol. The summed E-state index contributed by atoms with van der Waals surface area (Å²) in [5.41, 5.74) is 3.70. The van der Waals surface area contributed by atoms with Crippen LogP contribution in [0, 0.1) is 10.1 Å². The van der Waals surface area contributed by atoms with Crippen molar-refractivity contribution in [2.75, 3.05) is 12.0 Å². The van der Waals surface area contributed by atoms with Gasteiger partial charge in [-0.25, -0.2) is 0 Å². The van der Waals surface area contributed by atoms with Crippen LogP contribution >= 0.6 is 11.6 Å². The smallest absolute Gasteiger partial charge is 0.311 e. The van der Waals surface area contributed by atoms with Crippen molar-refractivity contribution in [3.8, 4) is 0 Å². The number of nitro groups is 1. The molecule has 0 spiro atoms. The van der Waals surface area contributed by atoms with E-state index in [-0.39, 0.29) is 24.4 Å². The van der Waals surface area contributed by atoms with E-state index >= 15 is 0 Å². The van der Waals surface area contributed by atoms with E-state index in [0.717, 1.165) is 0 Å². The van der Waals surface area contributed by atoms with E-state index in [0.29, 0.717) is 16.3 Å². The van der Waals surface area contributed by atoms with Crippen LogP contribution in [-0.4, -0.2) is 23.2 Å². The van der Waals surface area contributed by atoms with Crippen molar-refractivity contribution in [1.82, 2.24) is 0 Å². The maximum atomic E-state index is 11.8. The molecule has 0 aliphatic heterocycles. The highest BCUT2D eigenvalue weighted by Crippen LogP contribution is 2.27. The summed E-state index contributed by atoms with van der Waals surface area (Å²) in [7, 11) is 0. The number of halogens is 1. The van der Waals surface area contributed by atoms with Gasteiger partial charge < -0.3 is 4.74 Å². The fourth-order valence-corrected chi connectivity index (χ4v) is 2.24. The quantitative estimate of drug-likeness (QED) is 0.348. The Hall–Kier alpha value is -2.93. The van der Waals surface area contributed by atoms with Gasteiger partial charge in [0.2, 0.25) is 0 Å². The zero-order valence-electron chi connectivity index (χ0n) is 13.4. The van der Waals surface area contributed by atoms with Crippen molar-refractivity contribution >= 4 is 34.7 Å². The predicted octanol–water partition coefficient (Wildman–Crippen LogP) is 4.02. The van der Waals surface area contributed by atoms with Gasteiger partial charge in [0, 0.05) is 11.1 Å². The number of rotatable bonds is 7. The van der Waals surface area contributed by atoms with Crippen LogP contribution in [0.5, 0.6) is 0 Å². The molecule has 0 saturated heterocycles. The minimum absolute atomic E-state index is 0.0702. The van der Waals surface area contributed by atoms with Gasteiger partial charge in [-0.05, 0) is 24.6 Å². The lowest BCUT2D eigenvalue weighted by Crippen LogP contribution is -2.14. The first-order chi connectivity index (χ1) is 12.0. The lowest BCUT2D eigenvalue weighted by Gasteiger charge is -2.08. The summed E-state index contributed by atoms with van der Waals surface area (Å²) in [5, 5.41) is 15.6. The highest BCUT2D eigenvalue weighted by atomic mass is 35.5. The van der Waals surface area contributed by atoms with E-state index in [9.17, 15) is 14.9 Å². The zero-order chi connectivity index (χ0) is 18.2. The van der Waals surface area contributed by atoms with E-state index in [4.69, 9.17) is 16.3 Å². The lowest BCUT2D eigenvalue weighted by molar-refractivity contribution is -0.384. The van der Waals surface area contributed by atoms with Gasteiger partial charge in [0.05, 0.1) is 23.7 Å². The topological polar surface area (TPSA) is 93.8 Å². The average molecular weight is 362 g/mol. The zero-order valence-corrected chi connectivity index (χ0v) is 14.2. The molecule has 8 heteroatoms. The minimum atomic E-state index is -0.540. The van der Waals surface area contributed by atoms with Crippen LogP contribution < -0.4 is 5.43 Å². The summed E-state index contributed by atoms with van der Waals surface area (Å²) >= 11 is 5.89. The summed E-state index contributed by atoms with van der Waals surface area (Å²) in [4.78, 5) is 22.4. The number of nitro benzene ring substituents is 1. The Kier molecular flexibility index (Phi) is 6.47. The summed E-state index contributed by atoms with van der Waals surface area (Å²) in [6, 6.07) is 13.1. The van der Waals surface area contributed by atoms with Gasteiger partial charge in [-0.15, -0.1) is 0 Å². The largest absolute Gasteiger partial charge is 0.466 e. The summed E-state index contributed by atoms with van der Waals surface area (Å²) in [6.45, 7) is 1.97. The molecule has 2 aromatic carbocycles. The Morgan fingerprint density at radius 2 is 2.00 bits per heavy atom. The van der Waals surface area contributed by atoms with E-state index < -0.39 is 10.9 Å². The van der Waals surface area contributed by atoms with Gasteiger partial charge in [-0.2, -0.15) is 5.10 Å². The SMILES string of the molecule is CCOC(=O)C/C(=N\Nc1cc(Cl)ccc1[N+](=O)[O-])c1ccccc1. The number of hydrazone groups is 1. The summed E-state index contributed by atoms with van der Waals surface area (Å²) in [5.74, 6) is -0.438. The van der Waals surface area contributed by atoms with Crippen molar-refractivity contribution in [1.29, 1.82) is 0 Å². The van der Waals surface area contributed by atoms with Crippen LogP contribution in [-0.2, 0) is 9.53 Å². The van der Waals surface area contributed by atoms with Crippen molar-refractivity contribution in [3.05, 3.63) is 69.2 Å². The fourth-order valence-electron chi connectivity index (χ4n) is 2.07. The van der Waals surface area contributed by atoms with E-state index in [1.165, 1.54) is 18.2 Å². The number of nitrogens with zero attached hydrogens (tertiary/aromatic N) is 2. The number of benzene rings is 2. The number of carbonyl (C=O) groups is 1. The average Bonchev–Trinajstić information content (AvgIpc) is 2.59. The molecule has 2 aromatic rings. The molecule has 0 amide bonds. The second kappa shape index (κ2) is 8.79. The molecule has 0 saturated carbocycles. The molecule has 0 radical (unpaired) electrons. The Morgan fingerprint density at radius 1 is 1.28 bits per heavy atom. The second-order valence-electron chi connectivity index (χ2n) is 4.94. The Morgan fingerprint density at radius 3 is 2.64 bits per heavy atom. The Labute approximate surface area is 149 Å². The van der Waals surface area contributed by atoms with Crippen LogP contribution in [0.4, 0.5) is 11.4 Å². The third-order valence-corrected chi connectivity index (χ3v) is 3.43. The molecular formula is C17H16ClN3O4. The predicted molar refractivity (Wildman–Crippen MR) is 96.0 cm³/mol. The van der Waals surface area contributed by atoms with Gasteiger partial charge in [0.15, 0.2) is 0 Å². The lowest BCUT2D eigenvalue weighted by atomic mass is 10.1. The van der Waals surface area contributed by atoms with E-state index in [1.54, 1.807) is 31.2 Å². The van der Waals surface area contributed by atoms with Crippen molar-refractivity contribution in [3.63, 3.8) is 0 Å². The van der Waals surface area contributed by atoms with Gasteiger partial charge in [-0.3, -0.25) is 20.3 Å². The van der Waals surface area contributed by atoms with Crippen LogP contribution in [0.3, 0.4) is 0 Å². The van der Waals surface area contributed by atoms with Crippen LogP contribution in [0.2, 0.25) is 5.02 Å². The number of hydrogen-bond acceptors (Lipinski definition) is 6. The highest BCUT2D eigenvalue weighted by molar-refractivity contribution is 6.31. The minimum Gasteiger partial charge on any atom is -0.466 e. The molecule has 0 aromatic heterocycles. The first-order valence-electron chi connectivity index (χ1n) is 7.48. The molecule has 1 N–H and O–H groups in total. The van der Waals surface area contributed by atoms with Crippen molar-refractivity contribution < 1.29 is 14.5 Å². The third-order valence-electron chi connectivity index (χ3n) is 3.19. The van der Waals surface area contributed by atoms with Crippen LogP contribution in [0.15, 0.2) is 53.6 Å². The molecule has 2 rings (SSSR count). The number of ether oxygens (including phenoxy) is 1. The second-order valence-corrected chi connectivity index (χ2v) is 5.37. The normalized spacial score (nSPS) is 11.0. The molecule has 0 bridgehead atoms. The standard InChI is InChI=1S/C17H16ClN3O4/c1-2-25-17(22)11-14(12-6-4-3-5-7-12)19-20-15-10-13(18)8-9-16(15)21(23)24/h3-10,20H,2,11H2,1H3/b19-14+. The van der Waals surface area contributed by atoms with E-state index in [2.05, 4.69) is 10.5 Å². The van der Waals surface area contributed by atoms with Gasteiger partial charge in [-0.1, -0.05) is 41.9 Å². The molecule has 0 aliphatic rings. The summed E-state index contributed by atoms with van der Waals surface area (Å²) < 4.78 is 4.95. The maximum Gasteiger partial charge on any atom is 0.311 e. The van der Waals surface area contributed by atoms with E-state index in [1.807, 2.05) is 6.07 Å². The number of anilines is 1. The van der Waals surface area contributed by atoms with Crippen LogP contribution in [0.25, 0.3) is 0 Å². The molecule has 0 fully saturated rings. The molecule has 0 unspecified atom stereocenters. The van der Waals surface area contributed by atoms with Gasteiger partial charge in [0.1, 0.15) is 5.69 Å². The number of nitrogens with one attached hydrogen (secondary N) is 1. The molecule has 0 atom stereocenters. The first kappa shape index (κ1) is 18.4. The van der Waals surface area contributed by atoms with Crippen LogP contribution in [0.1, 0.15) is 18.9 Å². The molecule has 0 aliphatic carbocycles. The van der Waals surface area contributed by atoms with Crippen molar-refractivity contribution in [2.45, 2.75) is 13.3 Å². The van der Waals surface area contributed by atoms with Gasteiger partial charge in [0.25, 0.3) is 5.69 Å². The Balaban J connectivity index is 2.33. The third kappa shape index (κ3) is 5.29. The molecule has 7 nitrogen and oxygen atoms in total. The fraction of sp³-hybridized carbons (Fsp3) is 0.176. The monoisotopic (exact) mass is 361 g/mol. The Bertz CT molecular complexity index is 794. The molecule has 25 heavy (non-hydrogen) atoms. The van der Waals surface area contributed by atoms with Gasteiger partial charge >= 0.3 is 5.97 Å². The first-order valence-corrected chi connectivity index (χ1v) is 7.86. The number of hydrogen-bond donors (Lipinski definition) is 1. The molecule has 130 valence electrons. The maximum absolute atomic E-state index is 11.8. The number of carbonyl (C=O) groups excluding carboxylic acids is 1.